The minimum absolute atomic E-state index is 0.00175. The molecule has 3 heterocycles. The molecule has 5 nitrogen and oxygen atoms in total. The zero-order valence-electron chi connectivity index (χ0n) is 17.1. The molecule has 1 saturated heterocycles. The standard InChI is InChI=1S/C15H17N3O2S.C4H10.C2H6/c1-3-10-12(4-2)21-9-11-13(10)16-17-14(11)15(19)18-5-7-20-8-6-18;1-3-4-2;1-2/h3-4H,1-2,5-9H2,(H,16,17);3-4H2,1-2H3;1-2H3. The maximum Gasteiger partial charge on any atom is 0.272 e. The van der Waals surface area contributed by atoms with Crippen LogP contribution in [-0.4, -0.2) is 47.3 Å². The molecule has 150 valence electrons. The maximum atomic E-state index is 12.6. The summed E-state index contributed by atoms with van der Waals surface area (Å²) in [5.74, 6) is 0.716. The Morgan fingerprint density at radius 1 is 1.22 bits per heavy atom. The van der Waals surface area contributed by atoms with Gasteiger partial charge in [-0.15, -0.1) is 11.8 Å². The van der Waals surface area contributed by atoms with E-state index in [-0.39, 0.29) is 5.91 Å². The van der Waals surface area contributed by atoms with Gasteiger partial charge in [-0.2, -0.15) is 5.10 Å². The highest BCUT2D eigenvalue weighted by atomic mass is 32.2. The summed E-state index contributed by atoms with van der Waals surface area (Å²) in [4.78, 5) is 15.5. The molecular formula is C21H33N3O2S. The number of thioether (sulfide) groups is 1. The van der Waals surface area contributed by atoms with E-state index in [1.165, 1.54) is 12.8 Å². The lowest BCUT2D eigenvalue weighted by Gasteiger charge is -2.26. The van der Waals surface area contributed by atoms with E-state index in [0.29, 0.717) is 32.0 Å². The summed E-state index contributed by atoms with van der Waals surface area (Å²) < 4.78 is 5.29. The summed E-state index contributed by atoms with van der Waals surface area (Å²) in [5.41, 5.74) is 3.29. The lowest BCUT2D eigenvalue weighted by Crippen LogP contribution is -2.41. The molecule has 2 aliphatic heterocycles. The smallest absolute Gasteiger partial charge is 0.272 e. The van der Waals surface area contributed by atoms with Crippen LogP contribution < -0.4 is 0 Å². The quantitative estimate of drug-likeness (QED) is 0.781. The number of nitrogens with zero attached hydrogens (tertiary/aromatic N) is 2. The second kappa shape index (κ2) is 12.6. The molecule has 0 unspecified atom stereocenters. The van der Waals surface area contributed by atoms with Crippen LogP contribution in [0, 0.1) is 0 Å². The third-order valence-electron chi connectivity index (χ3n) is 4.16. The molecule has 1 aromatic heterocycles. The van der Waals surface area contributed by atoms with Crippen LogP contribution in [0.3, 0.4) is 0 Å². The molecular weight excluding hydrogens is 358 g/mol. The number of aromatic amines is 1. The van der Waals surface area contributed by atoms with Gasteiger partial charge in [0.05, 0.1) is 18.9 Å². The number of hydrogen-bond donors (Lipinski definition) is 1. The number of carbonyl (C=O) groups is 1. The highest BCUT2D eigenvalue weighted by Gasteiger charge is 2.28. The summed E-state index contributed by atoms with van der Waals surface area (Å²) in [5, 5.41) is 7.24. The largest absolute Gasteiger partial charge is 0.378 e. The van der Waals surface area contributed by atoms with E-state index >= 15 is 0 Å². The van der Waals surface area contributed by atoms with Gasteiger partial charge in [0.1, 0.15) is 5.69 Å². The van der Waals surface area contributed by atoms with Gasteiger partial charge in [-0.1, -0.05) is 65.8 Å². The predicted molar refractivity (Wildman–Crippen MR) is 116 cm³/mol. The highest BCUT2D eigenvalue weighted by Crippen LogP contribution is 2.39. The molecule has 0 spiro atoms. The first-order chi connectivity index (χ1) is 13.2. The van der Waals surface area contributed by atoms with Crippen molar-refractivity contribution in [3.63, 3.8) is 0 Å². The van der Waals surface area contributed by atoms with Crippen LogP contribution in [0.25, 0.3) is 5.57 Å². The Morgan fingerprint density at radius 2 is 1.85 bits per heavy atom. The van der Waals surface area contributed by atoms with Gasteiger partial charge in [-0.3, -0.25) is 9.89 Å². The molecule has 0 saturated carbocycles. The molecule has 1 fully saturated rings. The topological polar surface area (TPSA) is 58.2 Å². The minimum Gasteiger partial charge on any atom is -0.378 e. The summed E-state index contributed by atoms with van der Waals surface area (Å²) in [6.45, 7) is 18.5. The van der Waals surface area contributed by atoms with Crippen molar-refractivity contribution in [3.05, 3.63) is 47.2 Å². The van der Waals surface area contributed by atoms with Crippen molar-refractivity contribution in [3.8, 4) is 0 Å². The number of nitrogens with one attached hydrogen (secondary N) is 1. The van der Waals surface area contributed by atoms with Crippen LogP contribution in [0.4, 0.5) is 0 Å². The number of carbonyl (C=O) groups excluding carboxylic acids is 1. The van der Waals surface area contributed by atoms with Crippen molar-refractivity contribution in [2.45, 2.75) is 46.3 Å². The molecule has 6 heteroatoms. The van der Waals surface area contributed by atoms with Crippen molar-refractivity contribution in [1.82, 2.24) is 15.1 Å². The molecule has 1 aromatic rings. The summed E-state index contributed by atoms with van der Waals surface area (Å²) in [6.07, 6.45) is 6.22. The first-order valence-corrected chi connectivity index (χ1v) is 10.7. The van der Waals surface area contributed by atoms with E-state index in [2.05, 4.69) is 37.2 Å². The number of hydrogen-bond acceptors (Lipinski definition) is 4. The molecule has 0 aliphatic carbocycles. The number of unbranched alkanes of at least 4 members (excludes halogenated alkanes) is 1. The monoisotopic (exact) mass is 391 g/mol. The SMILES string of the molecule is C=CC1=C(C=C)c2n[nH]c(C(=O)N3CCOCC3)c2CS1.CC.CCCC. The second-order valence-electron chi connectivity index (χ2n) is 5.81. The summed E-state index contributed by atoms with van der Waals surface area (Å²) in [6, 6.07) is 0. The lowest BCUT2D eigenvalue weighted by atomic mass is 10.1. The lowest BCUT2D eigenvalue weighted by molar-refractivity contribution is 0.0298. The Morgan fingerprint density at radius 3 is 2.37 bits per heavy atom. The normalized spacial score (nSPS) is 15.6. The fourth-order valence-corrected chi connectivity index (χ4v) is 3.57. The number of fused-ring (bicyclic) bond motifs is 1. The van der Waals surface area contributed by atoms with Gasteiger partial charge in [0.15, 0.2) is 0 Å². The van der Waals surface area contributed by atoms with Gasteiger partial charge >= 0.3 is 0 Å². The fourth-order valence-electron chi connectivity index (χ4n) is 2.54. The minimum atomic E-state index is -0.00175. The first kappa shape index (κ1) is 23.2. The van der Waals surface area contributed by atoms with Crippen molar-refractivity contribution < 1.29 is 9.53 Å². The van der Waals surface area contributed by atoms with Gasteiger partial charge in [-0.05, 0) is 0 Å². The number of morpholine rings is 1. The number of rotatable bonds is 4. The van der Waals surface area contributed by atoms with Crippen LogP contribution in [0.1, 0.15) is 62.3 Å². The second-order valence-corrected chi connectivity index (χ2v) is 6.82. The van der Waals surface area contributed by atoms with Crippen LogP contribution in [0.2, 0.25) is 0 Å². The Kier molecular flexibility index (Phi) is 10.8. The summed E-state index contributed by atoms with van der Waals surface area (Å²) >= 11 is 1.66. The number of amides is 1. The molecule has 0 radical (unpaired) electrons. The number of ether oxygens (including phenoxy) is 1. The number of aromatic nitrogens is 2. The van der Waals surface area contributed by atoms with Gasteiger partial charge in [0, 0.05) is 34.9 Å². The molecule has 3 rings (SSSR count). The predicted octanol–water partition coefficient (Wildman–Crippen LogP) is 5.04. The van der Waals surface area contributed by atoms with Gasteiger partial charge in [0.25, 0.3) is 5.91 Å². The van der Waals surface area contributed by atoms with E-state index in [1.807, 2.05) is 24.8 Å². The Hall–Kier alpha value is -1.79. The molecule has 0 atom stereocenters. The third-order valence-corrected chi connectivity index (χ3v) is 5.29. The fraction of sp³-hybridized carbons (Fsp3) is 0.524. The van der Waals surface area contributed by atoms with Crippen molar-refractivity contribution in [1.29, 1.82) is 0 Å². The van der Waals surface area contributed by atoms with Gasteiger partial charge < -0.3 is 9.64 Å². The van der Waals surface area contributed by atoms with Crippen molar-refractivity contribution >= 4 is 23.2 Å². The number of H-pyrrole nitrogens is 1. The van der Waals surface area contributed by atoms with Gasteiger partial charge in [-0.25, -0.2) is 0 Å². The number of allylic oxidation sites excluding steroid dienone is 3. The van der Waals surface area contributed by atoms with Crippen molar-refractivity contribution in [2.75, 3.05) is 26.3 Å². The van der Waals surface area contributed by atoms with E-state index in [4.69, 9.17) is 4.74 Å². The Balaban J connectivity index is 0.000000541. The first-order valence-electron chi connectivity index (χ1n) is 9.74. The van der Waals surface area contributed by atoms with Crippen LogP contribution in [-0.2, 0) is 10.5 Å². The molecule has 0 aromatic carbocycles. The molecule has 2 aliphatic rings. The Bertz CT molecular complexity index is 656. The molecule has 1 N–H and O–H groups in total. The Labute approximate surface area is 167 Å². The van der Waals surface area contributed by atoms with E-state index in [9.17, 15) is 4.79 Å². The van der Waals surface area contributed by atoms with Gasteiger partial charge in [0.2, 0.25) is 0 Å². The summed E-state index contributed by atoms with van der Waals surface area (Å²) in [7, 11) is 0. The average Bonchev–Trinajstić information content (AvgIpc) is 3.18. The average molecular weight is 392 g/mol. The van der Waals surface area contributed by atoms with Crippen LogP contribution >= 0.6 is 11.8 Å². The molecule has 27 heavy (non-hydrogen) atoms. The molecule has 1 amide bonds. The van der Waals surface area contributed by atoms with Crippen LogP contribution in [0.5, 0.6) is 0 Å². The van der Waals surface area contributed by atoms with E-state index < -0.39 is 0 Å². The zero-order valence-corrected chi connectivity index (χ0v) is 18.0. The van der Waals surface area contributed by atoms with E-state index in [1.54, 1.807) is 17.8 Å². The molecule has 0 bridgehead atoms. The zero-order chi connectivity index (χ0) is 20.2. The third kappa shape index (κ3) is 5.84. The maximum absolute atomic E-state index is 12.6. The highest BCUT2D eigenvalue weighted by molar-refractivity contribution is 8.02. The van der Waals surface area contributed by atoms with Crippen LogP contribution in [0.15, 0.2) is 30.2 Å². The van der Waals surface area contributed by atoms with E-state index in [0.717, 1.165) is 27.5 Å². The van der Waals surface area contributed by atoms with Crippen molar-refractivity contribution in [2.24, 2.45) is 0 Å².